The van der Waals surface area contributed by atoms with Gasteiger partial charge in [-0.15, -0.1) is 0 Å². The van der Waals surface area contributed by atoms with Gasteiger partial charge in [0.25, 0.3) is 0 Å². The second-order valence-corrected chi connectivity index (χ2v) is 31.2. The smallest absolute Gasteiger partial charge is 0.107 e. The number of quaternary nitrogens is 2. The first-order chi connectivity index (χ1) is 44.7. The highest BCUT2D eigenvalue weighted by Crippen LogP contribution is 2.27. The zero-order valence-corrected chi connectivity index (χ0v) is 67.6. The summed E-state index contributed by atoms with van der Waals surface area (Å²) in [6.45, 7) is 20.1. The predicted octanol–water partition coefficient (Wildman–Crippen LogP) is 23.2. The summed E-state index contributed by atoms with van der Waals surface area (Å²) in [4.78, 5) is 0. The standard InChI is InChI=1S/C48H98NO.C39H82NO.2ClH/c1-5-8-11-14-17-20-22-24-26-27-29-31-33-36-39-42-45-49(4,46-47-50)48(43-40-37-34-19-16-13-10-7-3)44-41-38-35-32-30-28-25-23-21-18-15-12-9-6-2;1-6-8-10-12-14-16-18-20-22-24-26-28-30-32-34-38(3)40(5,36-37-41)39(4)35-33-31-29-27-25-23-21-19-17-15-13-11-9-7-2;;/h40,43,48,50H,5-39,41-42,44-47H2,1-4H3;38-39,41H,6-37H2,1-5H3;2*1H/q2*+1;;/p-2/b43-40-;;;. The SMILES string of the molecule is CCCCCCCC/C=C\C(CCCCCCCCCCCCCCCC)[N+](C)(CCO)CCCCCCCCCCCCCCCCCC.CCCCCCCCCCCCCCCCC(C)[N+](C)(CCO)C(C)CCCCCCCCCCCCCCCC.[Cl-].[Cl-]. The van der Waals surface area contributed by atoms with Crippen LogP contribution >= 0.6 is 0 Å². The monoisotopic (exact) mass is 1360 g/mol. The van der Waals surface area contributed by atoms with Crippen molar-refractivity contribution in [3.05, 3.63) is 12.2 Å². The molecule has 6 heteroatoms. The van der Waals surface area contributed by atoms with Gasteiger partial charge in [-0.3, -0.25) is 0 Å². The van der Waals surface area contributed by atoms with Gasteiger partial charge >= 0.3 is 0 Å². The first kappa shape index (κ1) is 99.5. The highest BCUT2D eigenvalue weighted by molar-refractivity contribution is 4.90. The number of likely N-dealkylation sites (N-methyl/N-ethyl adjacent to an activating group) is 2. The molecule has 0 amide bonds. The second-order valence-electron chi connectivity index (χ2n) is 31.2. The predicted molar refractivity (Wildman–Crippen MR) is 415 cm³/mol. The van der Waals surface area contributed by atoms with E-state index in [2.05, 4.69) is 74.7 Å². The summed E-state index contributed by atoms with van der Waals surface area (Å²) >= 11 is 0. The van der Waals surface area contributed by atoms with Crippen LogP contribution in [0.4, 0.5) is 0 Å². The Bertz CT molecular complexity index is 1310. The van der Waals surface area contributed by atoms with E-state index in [0.29, 0.717) is 31.3 Å². The molecule has 0 aromatic heterocycles. The normalized spacial score (nSPS) is 13.9. The average molecular weight is 1360 g/mol. The van der Waals surface area contributed by atoms with Crippen LogP contribution in [0.25, 0.3) is 0 Å². The van der Waals surface area contributed by atoms with Crippen LogP contribution in [-0.2, 0) is 0 Å². The largest absolute Gasteiger partial charge is 1.00 e. The fourth-order valence-electron chi connectivity index (χ4n) is 15.1. The van der Waals surface area contributed by atoms with Crippen molar-refractivity contribution in [1.29, 1.82) is 0 Å². The Morgan fingerprint density at radius 2 is 0.452 bits per heavy atom. The third-order valence-corrected chi connectivity index (χ3v) is 22.4. The topological polar surface area (TPSA) is 40.5 Å². The van der Waals surface area contributed by atoms with E-state index in [1.807, 2.05) is 0 Å². The highest BCUT2D eigenvalue weighted by Gasteiger charge is 2.34. The number of aliphatic hydroxyl groups is 2. The lowest BCUT2D eigenvalue weighted by atomic mass is 9.98. The van der Waals surface area contributed by atoms with Gasteiger partial charge in [0.15, 0.2) is 0 Å². The summed E-state index contributed by atoms with van der Waals surface area (Å²) in [5, 5.41) is 20.0. The highest BCUT2D eigenvalue weighted by atomic mass is 35.5. The average Bonchev–Trinajstić information content (AvgIpc) is 1.04. The molecule has 4 unspecified atom stereocenters. The van der Waals surface area contributed by atoms with E-state index in [0.717, 1.165) is 22.1 Å². The molecular weight excluding hydrogens is 1180 g/mol. The van der Waals surface area contributed by atoms with Crippen molar-refractivity contribution in [3.63, 3.8) is 0 Å². The van der Waals surface area contributed by atoms with E-state index in [9.17, 15) is 10.2 Å². The lowest BCUT2D eigenvalue weighted by molar-refractivity contribution is -0.953. The molecule has 0 aliphatic heterocycles. The van der Waals surface area contributed by atoms with Gasteiger partial charge in [-0.05, 0) is 77.7 Å². The molecule has 0 aliphatic rings. The number of hydrogen-bond donors (Lipinski definition) is 2. The van der Waals surface area contributed by atoms with E-state index >= 15 is 0 Å². The second kappa shape index (κ2) is 82.8. The van der Waals surface area contributed by atoms with Gasteiger partial charge in [0.05, 0.1) is 45.9 Å². The van der Waals surface area contributed by atoms with Gasteiger partial charge in [0.2, 0.25) is 0 Å². The molecule has 0 radical (unpaired) electrons. The molecular formula is C87H180Cl2N2O2. The fourth-order valence-corrected chi connectivity index (χ4v) is 15.1. The minimum atomic E-state index is 0. The Morgan fingerprint density at radius 3 is 0.688 bits per heavy atom. The molecule has 0 rings (SSSR count). The van der Waals surface area contributed by atoms with E-state index in [4.69, 9.17) is 0 Å². The van der Waals surface area contributed by atoms with Crippen molar-refractivity contribution in [2.45, 2.75) is 503 Å². The maximum absolute atomic E-state index is 10.2. The molecule has 4 atom stereocenters. The maximum Gasteiger partial charge on any atom is 0.107 e. The van der Waals surface area contributed by atoms with Gasteiger partial charge in [0, 0.05) is 6.42 Å². The summed E-state index contributed by atoms with van der Waals surface area (Å²) in [6.07, 6.45) is 101. The Morgan fingerprint density at radius 1 is 0.247 bits per heavy atom. The molecule has 0 aromatic rings. The van der Waals surface area contributed by atoms with Gasteiger partial charge in [0.1, 0.15) is 19.1 Å². The van der Waals surface area contributed by atoms with Gasteiger partial charge in [-0.25, -0.2) is 0 Å². The van der Waals surface area contributed by atoms with Crippen molar-refractivity contribution in [2.24, 2.45) is 0 Å². The minimum Gasteiger partial charge on any atom is -1.00 e. The van der Waals surface area contributed by atoms with E-state index < -0.39 is 0 Å². The lowest BCUT2D eigenvalue weighted by Gasteiger charge is -2.45. The van der Waals surface area contributed by atoms with E-state index in [1.54, 1.807) is 0 Å². The molecule has 0 heterocycles. The number of hydrogen-bond acceptors (Lipinski definition) is 2. The van der Waals surface area contributed by atoms with Crippen molar-refractivity contribution in [1.82, 2.24) is 0 Å². The van der Waals surface area contributed by atoms with E-state index in [-0.39, 0.29) is 24.8 Å². The van der Waals surface area contributed by atoms with Gasteiger partial charge in [-0.1, -0.05) is 413 Å². The Labute approximate surface area is 602 Å². The minimum absolute atomic E-state index is 0. The number of allylic oxidation sites excluding steroid dienone is 1. The van der Waals surface area contributed by atoms with Crippen LogP contribution in [0, 0.1) is 0 Å². The lowest BCUT2D eigenvalue weighted by Crippen LogP contribution is -3.00. The molecule has 564 valence electrons. The zero-order chi connectivity index (χ0) is 66.8. The van der Waals surface area contributed by atoms with Crippen molar-refractivity contribution >= 4 is 0 Å². The van der Waals surface area contributed by atoms with Crippen LogP contribution in [0.3, 0.4) is 0 Å². The van der Waals surface area contributed by atoms with Gasteiger partial charge in [-0.2, -0.15) is 0 Å². The first-order valence-corrected chi connectivity index (χ1v) is 43.2. The fraction of sp³-hybridized carbons (Fsp3) is 0.977. The Kier molecular flexibility index (Phi) is 88.6. The summed E-state index contributed by atoms with van der Waals surface area (Å²) in [5.41, 5.74) is 0. The molecule has 0 saturated carbocycles. The van der Waals surface area contributed by atoms with Crippen LogP contribution < -0.4 is 24.8 Å². The van der Waals surface area contributed by atoms with Crippen molar-refractivity contribution in [3.8, 4) is 0 Å². The summed E-state index contributed by atoms with van der Waals surface area (Å²) < 4.78 is 2.11. The molecule has 0 spiro atoms. The van der Waals surface area contributed by atoms with Crippen molar-refractivity contribution < 1.29 is 44.0 Å². The summed E-state index contributed by atoms with van der Waals surface area (Å²) in [7, 11) is 4.89. The third-order valence-electron chi connectivity index (χ3n) is 22.4. The Hall–Kier alpha value is 0.160. The molecule has 0 fully saturated rings. The summed E-state index contributed by atoms with van der Waals surface area (Å²) in [6, 6.07) is 1.87. The van der Waals surface area contributed by atoms with Crippen LogP contribution in [0.1, 0.15) is 485 Å². The first-order valence-electron chi connectivity index (χ1n) is 43.2. The van der Waals surface area contributed by atoms with Crippen LogP contribution in [0.2, 0.25) is 0 Å². The third kappa shape index (κ3) is 70.4. The molecule has 0 bridgehead atoms. The molecule has 4 nitrogen and oxygen atoms in total. The number of rotatable bonds is 77. The summed E-state index contributed by atoms with van der Waals surface area (Å²) in [5.74, 6) is 0. The van der Waals surface area contributed by atoms with Crippen molar-refractivity contribution in [2.75, 3.05) is 46.9 Å². The number of unbranched alkanes of at least 4 members (excludes halogenated alkanes) is 60. The maximum atomic E-state index is 10.2. The van der Waals surface area contributed by atoms with Crippen LogP contribution in [0.5, 0.6) is 0 Å². The molecule has 0 saturated heterocycles. The number of aliphatic hydroxyl groups excluding tert-OH is 2. The quantitative estimate of drug-likeness (QED) is 0.0362. The zero-order valence-electron chi connectivity index (χ0n) is 66.1. The molecule has 2 N–H and O–H groups in total. The van der Waals surface area contributed by atoms with Gasteiger partial charge < -0.3 is 44.0 Å². The van der Waals surface area contributed by atoms with Crippen LogP contribution in [-0.4, -0.2) is 84.2 Å². The molecule has 0 aromatic carbocycles. The number of nitrogens with zero attached hydrogens (tertiary/aromatic N) is 2. The number of halogens is 2. The molecule has 0 aliphatic carbocycles. The van der Waals surface area contributed by atoms with E-state index in [1.165, 1.54) is 443 Å². The van der Waals surface area contributed by atoms with Crippen LogP contribution in [0.15, 0.2) is 12.2 Å². The molecule has 93 heavy (non-hydrogen) atoms. The Balaban J connectivity index is -0.000000849.